The van der Waals surface area contributed by atoms with E-state index < -0.39 is 5.91 Å². The number of rotatable bonds is 6. The summed E-state index contributed by atoms with van der Waals surface area (Å²) in [5.41, 5.74) is 4.61. The van der Waals surface area contributed by atoms with Crippen molar-refractivity contribution >= 4 is 34.3 Å². The van der Waals surface area contributed by atoms with Gasteiger partial charge in [-0.15, -0.1) is 11.8 Å². The molecule has 0 aliphatic rings. The van der Waals surface area contributed by atoms with Gasteiger partial charge in [0.1, 0.15) is 11.6 Å². The van der Waals surface area contributed by atoms with Crippen LogP contribution in [0.5, 0.6) is 5.75 Å². The summed E-state index contributed by atoms with van der Waals surface area (Å²) in [6, 6.07) is 19.3. The topological polar surface area (TPSA) is 67.4 Å². The van der Waals surface area contributed by atoms with Gasteiger partial charge in [-0.2, -0.15) is 0 Å². The molecule has 0 heterocycles. The van der Waals surface area contributed by atoms with Gasteiger partial charge < -0.3 is 4.74 Å². The van der Waals surface area contributed by atoms with E-state index in [4.69, 9.17) is 4.74 Å². The summed E-state index contributed by atoms with van der Waals surface area (Å²) in [7, 11) is 0. The van der Waals surface area contributed by atoms with E-state index in [0.29, 0.717) is 5.75 Å². The molecular formula is C20H17FN2O3S. The molecule has 3 aromatic rings. The first-order chi connectivity index (χ1) is 13.1. The molecule has 2 amide bonds. The van der Waals surface area contributed by atoms with Gasteiger partial charge in [-0.05, 0) is 47.2 Å². The van der Waals surface area contributed by atoms with E-state index in [9.17, 15) is 14.0 Å². The average molecular weight is 384 g/mol. The first-order valence-corrected chi connectivity index (χ1v) is 9.16. The van der Waals surface area contributed by atoms with Crippen LogP contribution in [0.25, 0.3) is 10.8 Å². The maximum Gasteiger partial charge on any atom is 0.276 e. The molecule has 138 valence electrons. The molecule has 2 N–H and O–H groups in total. The summed E-state index contributed by atoms with van der Waals surface area (Å²) in [4.78, 5) is 24.5. The summed E-state index contributed by atoms with van der Waals surface area (Å²) >= 11 is 1.38. The van der Waals surface area contributed by atoms with Crippen LogP contribution in [0.1, 0.15) is 0 Å². The van der Waals surface area contributed by atoms with Crippen molar-refractivity contribution in [1.29, 1.82) is 0 Å². The van der Waals surface area contributed by atoms with Gasteiger partial charge in [0.25, 0.3) is 5.91 Å². The number of halogens is 1. The molecule has 0 fully saturated rings. The Balaban J connectivity index is 1.39. The fourth-order valence-corrected chi connectivity index (χ4v) is 3.04. The third kappa shape index (κ3) is 5.72. The van der Waals surface area contributed by atoms with Crippen molar-refractivity contribution in [1.82, 2.24) is 10.9 Å². The van der Waals surface area contributed by atoms with E-state index >= 15 is 0 Å². The normalized spacial score (nSPS) is 10.4. The van der Waals surface area contributed by atoms with Gasteiger partial charge in [-0.1, -0.05) is 30.3 Å². The third-order valence-electron chi connectivity index (χ3n) is 3.62. The summed E-state index contributed by atoms with van der Waals surface area (Å²) in [6.07, 6.45) is 0. The quantitative estimate of drug-likeness (QED) is 0.506. The molecule has 27 heavy (non-hydrogen) atoms. The van der Waals surface area contributed by atoms with Crippen LogP contribution in [0.3, 0.4) is 0 Å². The van der Waals surface area contributed by atoms with Crippen LogP contribution in [-0.2, 0) is 9.59 Å². The Hall–Kier alpha value is -3.06. The first-order valence-electron chi connectivity index (χ1n) is 8.18. The van der Waals surface area contributed by atoms with Crippen LogP contribution in [0, 0.1) is 5.82 Å². The predicted molar refractivity (Wildman–Crippen MR) is 103 cm³/mol. The lowest BCUT2D eigenvalue weighted by Gasteiger charge is -2.09. The highest BCUT2D eigenvalue weighted by Gasteiger charge is 2.07. The number of ether oxygens (including phenoxy) is 1. The van der Waals surface area contributed by atoms with Gasteiger partial charge in [0.2, 0.25) is 5.91 Å². The molecule has 0 saturated carbocycles. The number of hydrazine groups is 1. The third-order valence-corrected chi connectivity index (χ3v) is 4.61. The number of amides is 2. The highest BCUT2D eigenvalue weighted by molar-refractivity contribution is 8.00. The van der Waals surface area contributed by atoms with Crippen LogP contribution < -0.4 is 15.6 Å². The highest BCUT2D eigenvalue weighted by Crippen LogP contribution is 2.23. The number of nitrogens with one attached hydrogen (secondary N) is 2. The van der Waals surface area contributed by atoms with Gasteiger partial charge >= 0.3 is 0 Å². The lowest BCUT2D eigenvalue weighted by atomic mass is 10.1. The van der Waals surface area contributed by atoms with Crippen LogP contribution >= 0.6 is 11.8 Å². The van der Waals surface area contributed by atoms with Gasteiger partial charge in [0.05, 0.1) is 5.75 Å². The van der Waals surface area contributed by atoms with E-state index in [1.165, 1.54) is 36.0 Å². The van der Waals surface area contributed by atoms with Crippen molar-refractivity contribution in [2.75, 3.05) is 12.4 Å². The van der Waals surface area contributed by atoms with Crippen LogP contribution in [0.2, 0.25) is 0 Å². The molecule has 0 aliphatic heterocycles. The Bertz CT molecular complexity index is 947. The van der Waals surface area contributed by atoms with Gasteiger partial charge in [0.15, 0.2) is 6.61 Å². The Morgan fingerprint density at radius 3 is 2.37 bits per heavy atom. The molecule has 3 rings (SSSR count). The summed E-state index contributed by atoms with van der Waals surface area (Å²) in [5, 5.41) is 2.24. The second-order valence-corrected chi connectivity index (χ2v) is 6.69. The molecule has 0 atom stereocenters. The standard InChI is InChI=1S/C20H17FN2O3S/c21-16-6-8-17(9-7-16)26-12-19(24)22-23-20(25)13-27-18-10-5-14-3-1-2-4-15(14)11-18/h1-11H,12-13H2,(H,22,24)(H,23,25). The molecule has 7 heteroatoms. The molecular weight excluding hydrogens is 367 g/mol. The molecule has 0 aliphatic carbocycles. The number of fused-ring (bicyclic) bond motifs is 1. The second-order valence-electron chi connectivity index (χ2n) is 5.64. The van der Waals surface area contributed by atoms with Gasteiger partial charge in [-0.25, -0.2) is 4.39 Å². The van der Waals surface area contributed by atoms with E-state index in [2.05, 4.69) is 10.9 Å². The molecule has 3 aromatic carbocycles. The highest BCUT2D eigenvalue weighted by atomic mass is 32.2. The van der Waals surface area contributed by atoms with E-state index in [1.807, 2.05) is 42.5 Å². The van der Waals surface area contributed by atoms with Gasteiger partial charge in [0, 0.05) is 4.90 Å². The summed E-state index contributed by atoms with van der Waals surface area (Å²) in [5.74, 6) is -0.698. The lowest BCUT2D eigenvalue weighted by molar-refractivity contribution is -0.128. The number of carbonyl (C=O) groups is 2. The zero-order valence-corrected chi connectivity index (χ0v) is 15.1. The fourth-order valence-electron chi connectivity index (χ4n) is 2.30. The minimum Gasteiger partial charge on any atom is -0.484 e. The molecule has 0 bridgehead atoms. The smallest absolute Gasteiger partial charge is 0.276 e. The van der Waals surface area contributed by atoms with Crippen molar-refractivity contribution < 1.29 is 18.7 Å². The van der Waals surface area contributed by atoms with E-state index in [-0.39, 0.29) is 24.1 Å². The van der Waals surface area contributed by atoms with Crippen molar-refractivity contribution in [2.24, 2.45) is 0 Å². The van der Waals surface area contributed by atoms with E-state index in [0.717, 1.165) is 15.7 Å². The SMILES string of the molecule is O=C(COc1ccc(F)cc1)NNC(=O)CSc1ccc2ccccc2c1. The van der Waals surface area contributed by atoms with Crippen molar-refractivity contribution in [3.63, 3.8) is 0 Å². The molecule has 0 saturated heterocycles. The average Bonchev–Trinajstić information content (AvgIpc) is 2.70. The molecule has 0 spiro atoms. The number of hydrogen-bond donors (Lipinski definition) is 2. The Kier molecular flexibility index (Phi) is 6.27. The number of carbonyl (C=O) groups excluding carboxylic acids is 2. The van der Waals surface area contributed by atoms with Crippen molar-refractivity contribution in [3.05, 3.63) is 72.5 Å². The van der Waals surface area contributed by atoms with E-state index in [1.54, 1.807) is 0 Å². The van der Waals surface area contributed by atoms with Crippen LogP contribution in [-0.4, -0.2) is 24.2 Å². The summed E-state index contributed by atoms with van der Waals surface area (Å²) in [6.45, 7) is -0.288. The predicted octanol–water partition coefficient (Wildman–Crippen LogP) is 3.30. The maximum absolute atomic E-state index is 12.8. The Labute approximate surface area is 159 Å². The summed E-state index contributed by atoms with van der Waals surface area (Å²) < 4.78 is 18.0. The van der Waals surface area contributed by atoms with Crippen LogP contribution in [0.15, 0.2) is 71.6 Å². The molecule has 0 aromatic heterocycles. The molecule has 5 nitrogen and oxygen atoms in total. The first kappa shape index (κ1) is 18.7. The number of benzene rings is 3. The largest absolute Gasteiger partial charge is 0.484 e. The zero-order chi connectivity index (χ0) is 19.1. The Morgan fingerprint density at radius 1 is 0.889 bits per heavy atom. The maximum atomic E-state index is 12.8. The minimum atomic E-state index is -0.511. The zero-order valence-electron chi connectivity index (χ0n) is 14.3. The molecule has 0 unspecified atom stereocenters. The molecule has 0 radical (unpaired) electrons. The fraction of sp³-hybridized carbons (Fsp3) is 0.100. The second kappa shape index (κ2) is 9.05. The number of thioether (sulfide) groups is 1. The minimum absolute atomic E-state index is 0.164. The lowest BCUT2D eigenvalue weighted by Crippen LogP contribution is -2.44. The number of hydrogen-bond acceptors (Lipinski definition) is 4. The van der Waals surface area contributed by atoms with Crippen LogP contribution in [0.4, 0.5) is 4.39 Å². The van der Waals surface area contributed by atoms with Gasteiger partial charge in [-0.3, -0.25) is 20.4 Å². The van der Waals surface area contributed by atoms with Crippen molar-refractivity contribution in [2.45, 2.75) is 4.90 Å². The van der Waals surface area contributed by atoms with Crippen molar-refractivity contribution in [3.8, 4) is 5.75 Å². The monoisotopic (exact) mass is 384 g/mol. The Morgan fingerprint density at radius 2 is 1.59 bits per heavy atom.